The summed E-state index contributed by atoms with van der Waals surface area (Å²) in [5, 5.41) is 8.95. The molecular formula is C15H16N2O3. The quantitative estimate of drug-likeness (QED) is 0.923. The molecular weight excluding hydrogens is 256 g/mol. The maximum absolute atomic E-state index is 10.9. The van der Waals surface area contributed by atoms with Crippen molar-refractivity contribution in [2.75, 3.05) is 0 Å². The lowest BCUT2D eigenvalue weighted by molar-refractivity contribution is 0.0696. The van der Waals surface area contributed by atoms with Crippen molar-refractivity contribution in [3.05, 3.63) is 47.3 Å². The zero-order valence-corrected chi connectivity index (χ0v) is 11.6. The molecule has 5 heteroatoms. The van der Waals surface area contributed by atoms with Crippen LogP contribution in [0.5, 0.6) is 11.8 Å². The molecule has 104 valence electrons. The molecule has 0 aliphatic carbocycles. The third-order valence-electron chi connectivity index (χ3n) is 2.74. The molecule has 1 N–H and O–H groups in total. The van der Waals surface area contributed by atoms with Crippen molar-refractivity contribution in [1.29, 1.82) is 0 Å². The monoisotopic (exact) mass is 272 g/mol. The average Bonchev–Trinajstić information content (AvgIpc) is 2.38. The first-order chi connectivity index (χ1) is 9.45. The van der Waals surface area contributed by atoms with Gasteiger partial charge in [0.05, 0.1) is 11.3 Å². The molecule has 0 aliphatic heterocycles. The summed E-state index contributed by atoms with van der Waals surface area (Å²) in [6.07, 6.45) is 0. The first-order valence-corrected chi connectivity index (χ1v) is 6.32. The van der Waals surface area contributed by atoms with Crippen molar-refractivity contribution in [3.8, 4) is 11.8 Å². The number of carboxylic acid groups (broad SMARTS) is 1. The maximum atomic E-state index is 10.9. The Hall–Kier alpha value is -2.43. The van der Waals surface area contributed by atoms with Crippen LogP contribution >= 0.6 is 0 Å². The highest BCUT2D eigenvalue weighted by Gasteiger charge is 2.09. The zero-order chi connectivity index (χ0) is 14.7. The summed E-state index contributed by atoms with van der Waals surface area (Å²) >= 11 is 0. The Balaban J connectivity index is 2.30. The van der Waals surface area contributed by atoms with Crippen LogP contribution in [0, 0.1) is 6.92 Å². The number of carboxylic acids is 1. The van der Waals surface area contributed by atoms with Crippen molar-refractivity contribution >= 4 is 5.97 Å². The number of rotatable bonds is 4. The number of ether oxygens (including phenoxy) is 1. The Morgan fingerprint density at radius 3 is 2.65 bits per heavy atom. The van der Waals surface area contributed by atoms with Crippen LogP contribution in [0.3, 0.4) is 0 Å². The molecule has 0 aliphatic rings. The average molecular weight is 272 g/mol. The fourth-order valence-electron chi connectivity index (χ4n) is 1.70. The van der Waals surface area contributed by atoms with Gasteiger partial charge in [-0.1, -0.05) is 19.9 Å². The molecule has 2 aromatic rings. The van der Waals surface area contributed by atoms with E-state index in [9.17, 15) is 4.79 Å². The largest absolute Gasteiger partial charge is 0.478 e. The number of hydrogen-bond donors (Lipinski definition) is 1. The molecule has 0 spiro atoms. The van der Waals surface area contributed by atoms with E-state index >= 15 is 0 Å². The number of aromatic carboxylic acids is 1. The van der Waals surface area contributed by atoms with Crippen LogP contribution < -0.4 is 4.74 Å². The number of aromatic nitrogens is 2. The second-order valence-electron chi connectivity index (χ2n) is 4.81. The molecule has 0 bridgehead atoms. The van der Waals surface area contributed by atoms with Gasteiger partial charge in [-0.25, -0.2) is 9.78 Å². The van der Waals surface area contributed by atoms with E-state index in [2.05, 4.69) is 9.97 Å². The molecule has 0 amide bonds. The van der Waals surface area contributed by atoms with Gasteiger partial charge < -0.3 is 9.84 Å². The van der Waals surface area contributed by atoms with Crippen LogP contribution in [-0.4, -0.2) is 21.0 Å². The van der Waals surface area contributed by atoms with E-state index in [1.165, 1.54) is 12.1 Å². The predicted molar refractivity (Wildman–Crippen MR) is 74.3 cm³/mol. The standard InChI is InChI=1S/C15H16N2O3/c1-9(2)13-7-10(3)16-15(17-13)20-12-6-4-5-11(8-12)14(18)19/h4-9H,1-3H3,(H,18,19). The van der Waals surface area contributed by atoms with E-state index in [0.29, 0.717) is 5.75 Å². The lowest BCUT2D eigenvalue weighted by Crippen LogP contribution is -2.01. The molecule has 0 atom stereocenters. The van der Waals surface area contributed by atoms with Crippen molar-refractivity contribution in [2.45, 2.75) is 26.7 Å². The molecule has 1 aromatic carbocycles. The van der Waals surface area contributed by atoms with E-state index in [-0.39, 0.29) is 17.5 Å². The Morgan fingerprint density at radius 2 is 2.00 bits per heavy atom. The molecule has 0 saturated carbocycles. The summed E-state index contributed by atoms with van der Waals surface area (Å²) in [6.45, 7) is 5.95. The molecule has 0 unspecified atom stereocenters. The minimum atomic E-state index is -0.997. The summed E-state index contributed by atoms with van der Waals surface area (Å²) in [5.41, 5.74) is 1.87. The van der Waals surface area contributed by atoms with Gasteiger partial charge in [0.2, 0.25) is 0 Å². The number of aryl methyl sites for hydroxylation is 1. The Morgan fingerprint density at radius 1 is 1.25 bits per heavy atom. The predicted octanol–water partition coefficient (Wildman–Crippen LogP) is 3.40. The second-order valence-corrected chi connectivity index (χ2v) is 4.81. The molecule has 0 fully saturated rings. The number of carbonyl (C=O) groups is 1. The van der Waals surface area contributed by atoms with E-state index < -0.39 is 5.97 Å². The summed E-state index contributed by atoms with van der Waals surface area (Å²) in [7, 11) is 0. The van der Waals surface area contributed by atoms with Crippen molar-refractivity contribution in [2.24, 2.45) is 0 Å². The van der Waals surface area contributed by atoms with Crippen LogP contribution in [0.4, 0.5) is 0 Å². The molecule has 1 aromatic heterocycles. The Kier molecular flexibility index (Phi) is 3.98. The summed E-state index contributed by atoms with van der Waals surface area (Å²) in [5.74, 6) is -0.321. The first-order valence-electron chi connectivity index (χ1n) is 6.32. The fourth-order valence-corrected chi connectivity index (χ4v) is 1.70. The van der Waals surface area contributed by atoms with Gasteiger partial charge in [-0.3, -0.25) is 0 Å². The molecule has 1 heterocycles. The molecule has 0 saturated heterocycles. The van der Waals surface area contributed by atoms with Gasteiger partial charge in [-0.2, -0.15) is 4.98 Å². The smallest absolute Gasteiger partial charge is 0.335 e. The molecule has 2 rings (SSSR count). The van der Waals surface area contributed by atoms with Gasteiger partial charge in [0.25, 0.3) is 0 Å². The van der Waals surface area contributed by atoms with Gasteiger partial charge >= 0.3 is 12.0 Å². The van der Waals surface area contributed by atoms with Crippen molar-refractivity contribution in [1.82, 2.24) is 9.97 Å². The van der Waals surface area contributed by atoms with E-state index in [0.717, 1.165) is 11.4 Å². The minimum Gasteiger partial charge on any atom is -0.478 e. The summed E-state index contributed by atoms with van der Waals surface area (Å²) in [6, 6.07) is 8.39. The van der Waals surface area contributed by atoms with Gasteiger partial charge in [0.1, 0.15) is 5.75 Å². The molecule has 20 heavy (non-hydrogen) atoms. The molecule has 5 nitrogen and oxygen atoms in total. The van der Waals surface area contributed by atoms with Crippen LogP contribution in [0.1, 0.15) is 41.5 Å². The summed E-state index contributed by atoms with van der Waals surface area (Å²) < 4.78 is 5.56. The third kappa shape index (κ3) is 3.32. The number of benzene rings is 1. The van der Waals surface area contributed by atoms with E-state index in [1.54, 1.807) is 12.1 Å². The Bertz CT molecular complexity index is 639. The van der Waals surface area contributed by atoms with Gasteiger partial charge in [0, 0.05) is 5.69 Å². The van der Waals surface area contributed by atoms with Crippen LogP contribution in [0.2, 0.25) is 0 Å². The molecule has 0 radical (unpaired) electrons. The minimum absolute atomic E-state index is 0.166. The van der Waals surface area contributed by atoms with E-state index in [4.69, 9.17) is 9.84 Å². The first kappa shape index (κ1) is 14.0. The Labute approximate surface area is 117 Å². The topological polar surface area (TPSA) is 72.3 Å². The maximum Gasteiger partial charge on any atom is 0.335 e. The highest BCUT2D eigenvalue weighted by atomic mass is 16.5. The number of nitrogens with zero attached hydrogens (tertiary/aromatic N) is 2. The van der Waals surface area contributed by atoms with Crippen molar-refractivity contribution in [3.63, 3.8) is 0 Å². The normalized spacial score (nSPS) is 10.6. The second kappa shape index (κ2) is 5.69. The third-order valence-corrected chi connectivity index (χ3v) is 2.74. The summed E-state index contributed by atoms with van der Waals surface area (Å²) in [4.78, 5) is 19.4. The zero-order valence-electron chi connectivity index (χ0n) is 11.6. The van der Waals surface area contributed by atoms with Crippen LogP contribution in [-0.2, 0) is 0 Å². The number of hydrogen-bond acceptors (Lipinski definition) is 4. The van der Waals surface area contributed by atoms with Crippen LogP contribution in [0.25, 0.3) is 0 Å². The van der Waals surface area contributed by atoms with Gasteiger partial charge in [-0.05, 0) is 37.1 Å². The van der Waals surface area contributed by atoms with Crippen molar-refractivity contribution < 1.29 is 14.6 Å². The van der Waals surface area contributed by atoms with Gasteiger partial charge in [0.15, 0.2) is 0 Å². The lowest BCUT2D eigenvalue weighted by Gasteiger charge is -2.09. The SMILES string of the molecule is Cc1cc(C(C)C)nc(Oc2cccc(C(=O)O)c2)n1. The van der Waals surface area contributed by atoms with E-state index in [1.807, 2.05) is 26.8 Å². The highest BCUT2D eigenvalue weighted by Crippen LogP contribution is 2.22. The van der Waals surface area contributed by atoms with Gasteiger partial charge in [-0.15, -0.1) is 0 Å². The van der Waals surface area contributed by atoms with Crippen LogP contribution in [0.15, 0.2) is 30.3 Å². The lowest BCUT2D eigenvalue weighted by atomic mass is 10.1. The highest BCUT2D eigenvalue weighted by molar-refractivity contribution is 5.88. The fraction of sp³-hybridized carbons (Fsp3) is 0.267.